The zero-order valence-electron chi connectivity index (χ0n) is 14.1. The first-order valence-corrected chi connectivity index (χ1v) is 9.55. The number of fused-ring (bicyclic) bond motifs is 3. The number of rotatable bonds is 4. The Morgan fingerprint density at radius 3 is 2.54 bits per heavy atom. The number of hydrogen-bond donors (Lipinski definition) is 0. The van der Waals surface area contributed by atoms with Crippen LogP contribution >= 0.6 is 11.8 Å². The number of nitrogens with zero attached hydrogens (tertiary/aromatic N) is 1. The summed E-state index contributed by atoms with van der Waals surface area (Å²) in [4.78, 5) is 24.8. The van der Waals surface area contributed by atoms with Crippen molar-refractivity contribution in [2.45, 2.75) is 29.8 Å². The van der Waals surface area contributed by atoms with Crippen LogP contribution in [0.3, 0.4) is 0 Å². The third-order valence-electron chi connectivity index (χ3n) is 3.77. The summed E-state index contributed by atoms with van der Waals surface area (Å²) >= 11 is -3.01. The molecule has 0 fully saturated rings. The van der Waals surface area contributed by atoms with E-state index in [0.717, 1.165) is 16.3 Å². The van der Waals surface area contributed by atoms with Crippen molar-refractivity contribution in [2.24, 2.45) is 0 Å². The molecule has 0 saturated carbocycles. The van der Waals surface area contributed by atoms with E-state index in [4.69, 9.17) is 4.74 Å². The maximum absolute atomic E-state index is 14.2. The highest BCUT2D eigenvalue weighted by Crippen LogP contribution is 2.48. The van der Waals surface area contributed by atoms with E-state index in [9.17, 15) is 35.8 Å². The Morgan fingerprint density at radius 2 is 2.00 bits per heavy atom. The van der Waals surface area contributed by atoms with Gasteiger partial charge in [0.2, 0.25) is 17.0 Å². The minimum atomic E-state index is -5.37. The van der Waals surface area contributed by atoms with Gasteiger partial charge in [-0.2, -0.15) is 17.6 Å². The SMILES string of the molecule is CCOC(=O)c1c2n(c3c(OS(=O)C(F)(F)F)c(F)c(F)cc3c1=O)C(C)S2. The van der Waals surface area contributed by atoms with Crippen LogP contribution in [-0.2, 0) is 15.8 Å². The van der Waals surface area contributed by atoms with Gasteiger partial charge in [-0.25, -0.2) is 13.4 Å². The highest BCUT2D eigenvalue weighted by molar-refractivity contribution is 8.00. The monoisotopic (exact) mass is 443 g/mol. The van der Waals surface area contributed by atoms with Crippen LogP contribution in [0.2, 0.25) is 0 Å². The lowest BCUT2D eigenvalue weighted by Crippen LogP contribution is -2.30. The lowest BCUT2D eigenvalue weighted by molar-refractivity contribution is -0.0438. The Labute approximate surface area is 160 Å². The van der Waals surface area contributed by atoms with Crippen molar-refractivity contribution in [1.29, 1.82) is 0 Å². The second kappa shape index (κ2) is 7.03. The number of esters is 1. The molecular formula is C15H10F5NO5S2. The molecule has 3 rings (SSSR count). The van der Waals surface area contributed by atoms with E-state index < -0.39 is 67.2 Å². The predicted molar refractivity (Wildman–Crippen MR) is 89.5 cm³/mol. The van der Waals surface area contributed by atoms with Crippen LogP contribution in [0.5, 0.6) is 5.75 Å². The molecule has 1 aromatic carbocycles. The van der Waals surface area contributed by atoms with Gasteiger partial charge < -0.3 is 13.5 Å². The third-order valence-corrected chi connectivity index (χ3v) is 5.64. The summed E-state index contributed by atoms with van der Waals surface area (Å²) in [7, 11) is 0. The molecule has 2 unspecified atom stereocenters. The number of carbonyl (C=O) groups excluding carboxylic acids is 1. The fourth-order valence-corrected chi connectivity index (χ4v) is 4.20. The van der Waals surface area contributed by atoms with Crippen molar-refractivity contribution >= 4 is 39.7 Å². The second-order valence-corrected chi connectivity index (χ2v) is 7.88. The predicted octanol–water partition coefficient (Wildman–Crippen LogP) is 3.64. The molecule has 0 aliphatic carbocycles. The Kier molecular flexibility index (Phi) is 5.17. The third kappa shape index (κ3) is 3.15. The summed E-state index contributed by atoms with van der Waals surface area (Å²) in [5.74, 6) is -5.88. The summed E-state index contributed by atoms with van der Waals surface area (Å²) in [6.45, 7) is 2.97. The lowest BCUT2D eigenvalue weighted by Gasteiger charge is -2.33. The zero-order valence-corrected chi connectivity index (χ0v) is 15.7. The van der Waals surface area contributed by atoms with E-state index in [1.807, 2.05) is 0 Å². The number of alkyl halides is 3. The fraction of sp³-hybridized carbons (Fsp3) is 0.333. The maximum atomic E-state index is 14.2. The van der Waals surface area contributed by atoms with Crippen LogP contribution < -0.4 is 9.61 Å². The minimum absolute atomic E-state index is 0.00269. The highest BCUT2D eigenvalue weighted by atomic mass is 32.2. The molecule has 1 aliphatic heterocycles. The van der Waals surface area contributed by atoms with Gasteiger partial charge in [0, 0.05) is 0 Å². The number of thioether (sulfide) groups is 1. The van der Waals surface area contributed by atoms with Crippen molar-refractivity contribution < 1.29 is 39.9 Å². The van der Waals surface area contributed by atoms with Crippen molar-refractivity contribution in [2.75, 3.05) is 6.61 Å². The summed E-state index contributed by atoms with van der Waals surface area (Å²) < 4.78 is 87.4. The van der Waals surface area contributed by atoms with Crippen LogP contribution in [0, 0.1) is 11.6 Å². The van der Waals surface area contributed by atoms with Gasteiger partial charge in [-0.1, -0.05) is 11.8 Å². The average Bonchev–Trinajstić information content (AvgIpc) is 2.58. The minimum Gasteiger partial charge on any atom is -0.462 e. The average molecular weight is 443 g/mol. The van der Waals surface area contributed by atoms with E-state index in [2.05, 4.69) is 4.18 Å². The zero-order chi connectivity index (χ0) is 21.0. The van der Waals surface area contributed by atoms with E-state index in [-0.39, 0.29) is 11.6 Å². The molecule has 6 nitrogen and oxygen atoms in total. The van der Waals surface area contributed by atoms with E-state index in [1.165, 1.54) is 6.92 Å². The number of carbonyl (C=O) groups is 1. The first kappa shape index (κ1) is 20.6. The van der Waals surface area contributed by atoms with Gasteiger partial charge in [0.25, 0.3) is 0 Å². The van der Waals surface area contributed by atoms with E-state index in [1.54, 1.807) is 6.92 Å². The summed E-state index contributed by atoms with van der Waals surface area (Å²) in [6, 6.07) is 0.447. The molecule has 0 radical (unpaired) electrons. The molecule has 0 saturated heterocycles. The molecule has 2 heterocycles. The highest BCUT2D eigenvalue weighted by Gasteiger charge is 2.42. The Hall–Kier alpha value is -2.15. The first-order valence-electron chi connectivity index (χ1n) is 7.59. The molecule has 13 heteroatoms. The molecule has 28 heavy (non-hydrogen) atoms. The lowest BCUT2D eigenvalue weighted by atomic mass is 10.1. The topological polar surface area (TPSA) is 74.6 Å². The van der Waals surface area contributed by atoms with Crippen molar-refractivity contribution in [3.8, 4) is 5.75 Å². The number of halogens is 5. The van der Waals surface area contributed by atoms with Gasteiger partial charge in [-0.3, -0.25) is 4.79 Å². The fourth-order valence-electron chi connectivity index (χ4n) is 2.67. The number of ether oxygens (including phenoxy) is 1. The quantitative estimate of drug-likeness (QED) is 0.531. The molecule has 2 aromatic rings. The summed E-state index contributed by atoms with van der Waals surface area (Å²) in [5.41, 5.74) is -7.42. The molecule has 1 aliphatic rings. The number of hydrogen-bond acceptors (Lipinski definition) is 6. The molecule has 152 valence electrons. The van der Waals surface area contributed by atoms with Gasteiger partial charge in [-0.05, 0) is 19.9 Å². The molecule has 0 spiro atoms. The normalized spacial score (nSPS) is 17.0. The maximum Gasteiger partial charge on any atom is 0.508 e. The Morgan fingerprint density at radius 1 is 1.36 bits per heavy atom. The second-order valence-electron chi connectivity index (χ2n) is 5.48. The molecule has 2 atom stereocenters. The summed E-state index contributed by atoms with van der Waals surface area (Å²) in [6.07, 6.45) is 0. The molecule has 0 bridgehead atoms. The van der Waals surface area contributed by atoms with Crippen LogP contribution in [0.4, 0.5) is 22.0 Å². The Bertz CT molecular complexity index is 1080. The van der Waals surface area contributed by atoms with Crippen molar-refractivity contribution in [3.05, 3.63) is 33.5 Å². The van der Waals surface area contributed by atoms with Crippen molar-refractivity contribution in [1.82, 2.24) is 4.57 Å². The first-order chi connectivity index (χ1) is 13.0. The van der Waals surface area contributed by atoms with Gasteiger partial charge in [-0.15, -0.1) is 0 Å². The number of benzene rings is 1. The number of pyridine rings is 1. The molecular weight excluding hydrogens is 433 g/mol. The standard InChI is InChI=1S/C15H10F5NO5S2/c1-3-25-14(23)8-11(22)6-4-7(16)9(17)12(26-28(24)15(18,19)20)10(6)21-5(2)27-13(8)21/h4-5H,3H2,1-2H3. The van der Waals surface area contributed by atoms with Gasteiger partial charge in [0.1, 0.15) is 11.1 Å². The molecule has 1 aromatic heterocycles. The van der Waals surface area contributed by atoms with Crippen LogP contribution in [-0.4, -0.2) is 26.9 Å². The van der Waals surface area contributed by atoms with Crippen LogP contribution in [0.15, 0.2) is 15.9 Å². The van der Waals surface area contributed by atoms with Crippen LogP contribution in [0.25, 0.3) is 10.9 Å². The Balaban J connectivity index is 2.38. The molecule has 0 amide bonds. The van der Waals surface area contributed by atoms with E-state index in [0.29, 0.717) is 6.07 Å². The van der Waals surface area contributed by atoms with E-state index >= 15 is 0 Å². The number of aromatic nitrogens is 1. The smallest absolute Gasteiger partial charge is 0.462 e. The van der Waals surface area contributed by atoms with Crippen molar-refractivity contribution in [3.63, 3.8) is 0 Å². The van der Waals surface area contributed by atoms with Gasteiger partial charge >= 0.3 is 22.6 Å². The van der Waals surface area contributed by atoms with Crippen LogP contribution in [0.1, 0.15) is 29.6 Å². The van der Waals surface area contributed by atoms with Gasteiger partial charge in [0.05, 0.1) is 22.4 Å². The largest absolute Gasteiger partial charge is 0.508 e. The summed E-state index contributed by atoms with van der Waals surface area (Å²) in [5, 5.41) is -1.16. The molecule has 0 N–H and O–H groups in total. The van der Waals surface area contributed by atoms with Gasteiger partial charge in [0.15, 0.2) is 5.82 Å².